The Balaban J connectivity index is 2.06. The maximum atomic E-state index is 13.8. The van der Waals surface area contributed by atoms with E-state index in [1.165, 1.54) is 27.9 Å². The first kappa shape index (κ1) is 20.0. The molecule has 3 aromatic rings. The van der Waals surface area contributed by atoms with E-state index in [4.69, 9.17) is 4.74 Å². The number of rotatable bonds is 6. The van der Waals surface area contributed by atoms with E-state index in [2.05, 4.69) is 10.3 Å². The van der Waals surface area contributed by atoms with Gasteiger partial charge >= 0.3 is 6.09 Å². The Morgan fingerprint density at radius 3 is 2.93 bits per heavy atom. The maximum Gasteiger partial charge on any atom is 0.407 e. The highest BCUT2D eigenvalue weighted by atomic mass is 32.1. The fraction of sp³-hybridized carbons (Fsp3) is 0.350. The largest absolute Gasteiger partial charge is 0.450 e. The number of alkyl carbamates (subject to hydrolysis) is 1. The second-order valence-electron chi connectivity index (χ2n) is 6.54. The summed E-state index contributed by atoms with van der Waals surface area (Å²) in [7, 11) is 0. The molecule has 1 unspecified atom stereocenters. The molecule has 0 aliphatic heterocycles. The Kier molecular flexibility index (Phi) is 6.08. The SMILES string of the molecule is CCCCOC(=O)NC(C)c1nc2scc(C)n2c(=O)c1-c1cccc(F)c1. The molecule has 6 nitrogen and oxygen atoms in total. The van der Waals surface area contributed by atoms with Gasteiger partial charge < -0.3 is 10.1 Å². The lowest BCUT2D eigenvalue weighted by Crippen LogP contribution is -2.31. The summed E-state index contributed by atoms with van der Waals surface area (Å²) in [5, 5.41) is 4.55. The summed E-state index contributed by atoms with van der Waals surface area (Å²) in [6.07, 6.45) is 1.12. The number of fused-ring (bicyclic) bond motifs is 1. The number of unbranched alkanes of at least 4 members (excludes halogenated alkanes) is 1. The van der Waals surface area contributed by atoms with Crippen LogP contribution in [0.2, 0.25) is 0 Å². The third-order valence-corrected chi connectivity index (χ3v) is 5.30. The molecular formula is C20H22FN3O3S. The molecule has 0 aliphatic carbocycles. The fourth-order valence-corrected chi connectivity index (χ4v) is 3.79. The number of nitrogens with one attached hydrogen (secondary N) is 1. The van der Waals surface area contributed by atoms with E-state index in [9.17, 15) is 14.0 Å². The molecule has 2 heterocycles. The van der Waals surface area contributed by atoms with Crippen molar-refractivity contribution in [2.75, 3.05) is 6.61 Å². The smallest absolute Gasteiger partial charge is 0.407 e. The van der Waals surface area contributed by atoms with Gasteiger partial charge in [-0.2, -0.15) is 0 Å². The number of aromatic nitrogens is 2. The number of halogens is 1. The number of ether oxygens (including phenoxy) is 1. The highest BCUT2D eigenvalue weighted by Crippen LogP contribution is 2.26. The molecule has 0 aliphatic rings. The highest BCUT2D eigenvalue weighted by Gasteiger charge is 2.23. The summed E-state index contributed by atoms with van der Waals surface area (Å²) in [6.45, 7) is 5.87. The van der Waals surface area contributed by atoms with Crippen LogP contribution in [0.1, 0.15) is 44.1 Å². The zero-order chi connectivity index (χ0) is 20.3. The number of benzene rings is 1. The molecular weight excluding hydrogens is 381 g/mol. The van der Waals surface area contributed by atoms with Crippen LogP contribution >= 0.6 is 11.3 Å². The van der Waals surface area contributed by atoms with Gasteiger partial charge in [-0.1, -0.05) is 25.5 Å². The molecule has 0 saturated carbocycles. The van der Waals surface area contributed by atoms with Crippen LogP contribution in [-0.4, -0.2) is 22.1 Å². The van der Waals surface area contributed by atoms with Crippen molar-refractivity contribution >= 4 is 22.4 Å². The molecule has 1 N–H and O–H groups in total. The number of amides is 1. The predicted octanol–water partition coefficient (Wildman–Crippen LogP) is 4.46. The van der Waals surface area contributed by atoms with Crippen LogP contribution < -0.4 is 10.9 Å². The summed E-state index contributed by atoms with van der Waals surface area (Å²) >= 11 is 1.34. The number of carbonyl (C=O) groups excluding carboxylic acids is 1. The Labute approximate surface area is 166 Å². The first-order valence-corrected chi connectivity index (χ1v) is 10.00. The van der Waals surface area contributed by atoms with Gasteiger partial charge in [0.1, 0.15) is 5.82 Å². The maximum absolute atomic E-state index is 13.8. The lowest BCUT2D eigenvalue weighted by Gasteiger charge is -2.17. The van der Waals surface area contributed by atoms with E-state index in [1.54, 1.807) is 19.1 Å². The normalized spacial score (nSPS) is 12.1. The van der Waals surface area contributed by atoms with Crippen molar-refractivity contribution in [3.8, 4) is 11.1 Å². The first-order chi connectivity index (χ1) is 13.4. The molecule has 148 valence electrons. The predicted molar refractivity (Wildman–Crippen MR) is 107 cm³/mol. The van der Waals surface area contributed by atoms with E-state index in [1.807, 2.05) is 19.2 Å². The molecule has 1 atom stereocenters. The van der Waals surface area contributed by atoms with Gasteiger partial charge in [0.05, 0.1) is 23.9 Å². The van der Waals surface area contributed by atoms with Crippen LogP contribution in [0.25, 0.3) is 16.1 Å². The molecule has 2 aromatic heterocycles. The van der Waals surface area contributed by atoms with E-state index in [0.717, 1.165) is 18.5 Å². The average Bonchev–Trinajstić information content (AvgIpc) is 3.03. The van der Waals surface area contributed by atoms with Gasteiger partial charge in [-0.05, 0) is 38.0 Å². The Hall–Kier alpha value is -2.74. The molecule has 0 radical (unpaired) electrons. The summed E-state index contributed by atoms with van der Waals surface area (Å²) < 4.78 is 20.5. The topological polar surface area (TPSA) is 72.7 Å². The Bertz CT molecular complexity index is 1060. The zero-order valence-electron chi connectivity index (χ0n) is 16.0. The van der Waals surface area contributed by atoms with E-state index >= 15 is 0 Å². The number of thiazole rings is 1. The van der Waals surface area contributed by atoms with Gasteiger partial charge in [0.2, 0.25) is 0 Å². The average molecular weight is 403 g/mol. The minimum Gasteiger partial charge on any atom is -0.450 e. The van der Waals surface area contributed by atoms with Crippen LogP contribution in [0, 0.1) is 12.7 Å². The molecule has 3 rings (SSSR count). The lowest BCUT2D eigenvalue weighted by atomic mass is 10.0. The van der Waals surface area contributed by atoms with Crippen molar-refractivity contribution in [1.29, 1.82) is 0 Å². The van der Waals surface area contributed by atoms with Crippen molar-refractivity contribution in [3.05, 3.63) is 57.2 Å². The minimum absolute atomic E-state index is 0.264. The molecule has 28 heavy (non-hydrogen) atoms. The van der Waals surface area contributed by atoms with Gasteiger partial charge in [-0.15, -0.1) is 11.3 Å². The van der Waals surface area contributed by atoms with Crippen LogP contribution in [0.4, 0.5) is 9.18 Å². The molecule has 8 heteroatoms. The third-order valence-electron chi connectivity index (χ3n) is 4.36. The number of hydrogen-bond donors (Lipinski definition) is 1. The van der Waals surface area contributed by atoms with Crippen molar-refractivity contribution in [2.45, 2.75) is 39.7 Å². The molecule has 0 bridgehead atoms. The first-order valence-electron chi connectivity index (χ1n) is 9.12. The van der Waals surface area contributed by atoms with Crippen molar-refractivity contribution in [2.24, 2.45) is 0 Å². The minimum atomic E-state index is -0.590. The summed E-state index contributed by atoms with van der Waals surface area (Å²) in [6, 6.07) is 5.22. The molecule has 0 saturated heterocycles. The van der Waals surface area contributed by atoms with Gasteiger partial charge in [-0.25, -0.2) is 14.2 Å². The van der Waals surface area contributed by atoms with Gasteiger partial charge in [0, 0.05) is 11.1 Å². The van der Waals surface area contributed by atoms with Gasteiger partial charge in [0.25, 0.3) is 5.56 Å². The molecule has 0 fully saturated rings. The van der Waals surface area contributed by atoms with Gasteiger partial charge in [0.15, 0.2) is 4.96 Å². The van der Waals surface area contributed by atoms with E-state index < -0.39 is 18.0 Å². The summed E-state index contributed by atoms with van der Waals surface area (Å²) in [4.78, 5) is 30.4. The summed E-state index contributed by atoms with van der Waals surface area (Å²) in [5.74, 6) is -0.449. The van der Waals surface area contributed by atoms with E-state index in [-0.39, 0.29) is 11.1 Å². The number of aryl methyl sites for hydroxylation is 1. The lowest BCUT2D eigenvalue weighted by molar-refractivity contribution is 0.141. The quantitative estimate of drug-likeness (QED) is 0.617. The van der Waals surface area contributed by atoms with Crippen LogP contribution in [0.3, 0.4) is 0 Å². The van der Waals surface area contributed by atoms with Crippen molar-refractivity contribution in [1.82, 2.24) is 14.7 Å². The summed E-state index contributed by atoms with van der Waals surface area (Å²) in [5.41, 5.74) is 1.52. The standard InChI is InChI=1S/C20H22FN3O3S/c1-4-5-9-27-20(26)22-13(3)17-16(14-7-6-8-15(21)10-14)18(25)24-12(2)11-28-19(24)23-17/h6-8,10-11,13H,4-5,9H2,1-3H3,(H,22,26). The van der Waals surface area contributed by atoms with Crippen LogP contribution in [0.15, 0.2) is 34.4 Å². The van der Waals surface area contributed by atoms with E-state index in [0.29, 0.717) is 22.8 Å². The second kappa shape index (κ2) is 8.52. The highest BCUT2D eigenvalue weighted by molar-refractivity contribution is 7.15. The number of hydrogen-bond acceptors (Lipinski definition) is 5. The van der Waals surface area contributed by atoms with Crippen LogP contribution in [0.5, 0.6) is 0 Å². The fourth-order valence-electron chi connectivity index (χ4n) is 2.92. The number of carbonyl (C=O) groups is 1. The third kappa shape index (κ3) is 4.06. The second-order valence-corrected chi connectivity index (χ2v) is 7.37. The molecule has 1 amide bonds. The monoisotopic (exact) mass is 403 g/mol. The van der Waals surface area contributed by atoms with Gasteiger partial charge in [-0.3, -0.25) is 9.20 Å². The number of nitrogens with zero attached hydrogens (tertiary/aromatic N) is 2. The molecule has 0 spiro atoms. The van der Waals surface area contributed by atoms with Crippen molar-refractivity contribution in [3.63, 3.8) is 0 Å². The van der Waals surface area contributed by atoms with Crippen molar-refractivity contribution < 1.29 is 13.9 Å². The molecule has 1 aromatic carbocycles. The Morgan fingerprint density at radius 1 is 1.43 bits per heavy atom. The Morgan fingerprint density at radius 2 is 2.21 bits per heavy atom. The van der Waals surface area contributed by atoms with Crippen LogP contribution in [-0.2, 0) is 4.74 Å². The zero-order valence-corrected chi connectivity index (χ0v) is 16.8.